The summed E-state index contributed by atoms with van der Waals surface area (Å²) in [7, 11) is 0. The summed E-state index contributed by atoms with van der Waals surface area (Å²) in [5.41, 5.74) is 0. The van der Waals surface area contributed by atoms with Crippen LogP contribution in [0.3, 0.4) is 0 Å². The van der Waals surface area contributed by atoms with Crippen molar-refractivity contribution in [1.29, 1.82) is 0 Å². The van der Waals surface area contributed by atoms with Crippen molar-refractivity contribution >= 4 is 0 Å². The van der Waals surface area contributed by atoms with E-state index in [9.17, 15) is 5.11 Å². The first-order valence-electron chi connectivity index (χ1n) is 4.67. The molecule has 2 heteroatoms. The molecule has 0 radical (unpaired) electrons. The summed E-state index contributed by atoms with van der Waals surface area (Å²) >= 11 is 0. The van der Waals surface area contributed by atoms with Gasteiger partial charge in [0.15, 0.2) is 0 Å². The molecule has 2 nitrogen and oxygen atoms in total. The first kappa shape index (κ1) is 7.56. The van der Waals surface area contributed by atoms with E-state index in [2.05, 4.69) is 0 Å². The van der Waals surface area contributed by atoms with Gasteiger partial charge in [-0.05, 0) is 19.3 Å². The Morgan fingerprint density at radius 3 is 2.73 bits per heavy atom. The average Bonchev–Trinajstić information content (AvgIpc) is 2.06. The highest BCUT2D eigenvalue weighted by atomic mass is 16.5. The first-order chi connectivity index (χ1) is 5.38. The lowest BCUT2D eigenvalue weighted by Gasteiger charge is -2.38. The largest absolute Gasteiger partial charge is 0.393 e. The Morgan fingerprint density at radius 1 is 1.09 bits per heavy atom. The fourth-order valence-corrected chi connectivity index (χ4v) is 2.33. The number of rotatable bonds is 0. The molecule has 1 saturated carbocycles. The van der Waals surface area contributed by atoms with Crippen molar-refractivity contribution in [2.75, 3.05) is 6.61 Å². The van der Waals surface area contributed by atoms with Crippen LogP contribution in [-0.4, -0.2) is 23.9 Å². The molecule has 0 aromatic heterocycles. The van der Waals surface area contributed by atoms with E-state index in [1.54, 1.807) is 0 Å². The molecule has 0 unspecified atom stereocenters. The minimum Gasteiger partial charge on any atom is -0.393 e. The molecule has 2 rings (SSSR count). The van der Waals surface area contributed by atoms with Crippen LogP contribution < -0.4 is 0 Å². The van der Waals surface area contributed by atoms with E-state index in [-0.39, 0.29) is 6.10 Å². The third-order valence-corrected chi connectivity index (χ3v) is 2.99. The molecule has 64 valence electrons. The van der Waals surface area contributed by atoms with Gasteiger partial charge in [0.1, 0.15) is 0 Å². The van der Waals surface area contributed by atoms with Crippen LogP contribution in [0.1, 0.15) is 32.1 Å². The smallest absolute Gasteiger partial charge is 0.0628 e. The quantitative estimate of drug-likeness (QED) is 0.573. The SMILES string of the molecule is O[C@H]1CCO[C@H]2CCCC[C@@H]21. The molecule has 0 amide bonds. The standard InChI is InChI=1S/C9H16O2/c10-8-5-6-11-9-4-2-1-3-7(8)9/h7-10H,1-6H2/t7-,8+,9+/m1/s1. The number of fused-ring (bicyclic) bond motifs is 1. The van der Waals surface area contributed by atoms with Gasteiger partial charge in [-0.25, -0.2) is 0 Å². The van der Waals surface area contributed by atoms with Crippen molar-refractivity contribution in [3.63, 3.8) is 0 Å². The highest BCUT2D eigenvalue weighted by Crippen LogP contribution is 2.33. The molecule has 1 saturated heterocycles. The monoisotopic (exact) mass is 156 g/mol. The lowest BCUT2D eigenvalue weighted by Crippen LogP contribution is -2.41. The minimum atomic E-state index is -0.0750. The topological polar surface area (TPSA) is 29.5 Å². The third kappa shape index (κ3) is 1.42. The summed E-state index contributed by atoms with van der Waals surface area (Å²) in [6.45, 7) is 0.766. The van der Waals surface area contributed by atoms with Crippen molar-refractivity contribution in [2.24, 2.45) is 5.92 Å². The Morgan fingerprint density at radius 2 is 1.91 bits per heavy atom. The Bertz CT molecular complexity index is 134. The molecule has 0 bridgehead atoms. The molecule has 2 aliphatic rings. The van der Waals surface area contributed by atoms with Gasteiger partial charge in [-0.1, -0.05) is 12.8 Å². The number of aliphatic hydroxyl groups excluding tert-OH is 1. The first-order valence-corrected chi connectivity index (χ1v) is 4.67. The normalized spacial score (nSPS) is 45.0. The molecule has 0 aromatic carbocycles. The van der Waals surface area contributed by atoms with Gasteiger partial charge < -0.3 is 9.84 Å². The summed E-state index contributed by atoms with van der Waals surface area (Å²) in [4.78, 5) is 0. The van der Waals surface area contributed by atoms with E-state index >= 15 is 0 Å². The summed E-state index contributed by atoms with van der Waals surface area (Å²) in [6.07, 6.45) is 6.06. The summed E-state index contributed by atoms with van der Waals surface area (Å²) in [5.74, 6) is 0.456. The molecule has 3 atom stereocenters. The Kier molecular flexibility index (Phi) is 2.14. The molecular formula is C9H16O2. The molecule has 1 aliphatic heterocycles. The second-order valence-corrected chi connectivity index (χ2v) is 3.71. The zero-order valence-electron chi connectivity index (χ0n) is 6.83. The predicted octanol–water partition coefficient (Wildman–Crippen LogP) is 1.33. The molecule has 0 aromatic rings. The van der Waals surface area contributed by atoms with Crippen molar-refractivity contribution < 1.29 is 9.84 Å². The fraction of sp³-hybridized carbons (Fsp3) is 1.00. The highest BCUT2D eigenvalue weighted by molar-refractivity contribution is 4.84. The maximum absolute atomic E-state index is 9.62. The van der Waals surface area contributed by atoms with Crippen molar-refractivity contribution in [3.05, 3.63) is 0 Å². The number of aliphatic hydroxyl groups is 1. The van der Waals surface area contributed by atoms with Gasteiger partial charge in [0.05, 0.1) is 12.2 Å². The average molecular weight is 156 g/mol. The molecule has 2 fully saturated rings. The molecule has 11 heavy (non-hydrogen) atoms. The zero-order chi connectivity index (χ0) is 7.68. The van der Waals surface area contributed by atoms with Crippen LogP contribution in [0.2, 0.25) is 0 Å². The zero-order valence-corrected chi connectivity index (χ0v) is 6.83. The number of hydrogen-bond donors (Lipinski definition) is 1. The van der Waals surface area contributed by atoms with Crippen LogP contribution in [-0.2, 0) is 4.74 Å². The van der Waals surface area contributed by atoms with Crippen molar-refractivity contribution in [1.82, 2.24) is 0 Å². The van der Waals surface area contributed by atoms with E-state index in [1.165, 1.54) is 25.7 Å². The van der Waals surface area contributed by atoms with Gasteiger partial charge in [-0.15, -0.1) is 0 Å². The highest BCUT2D eigenvalue weighted by Gasteiger charge is 2.34. The van der Waals surface area contributed by atoms with Gasteiger partial charge >= 0.3 is 0 Å². The maximum atomic E-state index is 9.62. The third-order valence-electron chi connectivity index (χ3n) is 2.99. The van der Waals surface area contributed by atoms with Gasteiger partial charge in [0.2, 0.25) is 0 Å². The van der Waals surface area contributed by atoms with Crippen LogP contribution >= 0.6 is 0 Å². The van der Waals surface area contributed by atoms with Crippen molar-refractivity contribution in [2.45, 2.75) is 44.3 Å². The van der Waals surface area contributed by atoms with Crippen LogP contribution in [0.5, 0.6) is 0 Å². The van der Waals surface area contributed by atoms with Gasteiger partial charge in [0.25, 0.3) is 0 Å². The predicted molar refractivity (Wildman–Crippen MR) is 42.3 cm³/mol. The number of ether oxygens (including phenoxy) is 1. The molecule has 1 heterocycles. The van der Waals surface area contributed by atoms with E-state index in [0.29, 0.717) is 12.0 Å². The molecule has 1 aliphatic carbocycles. The maximum Gasteiger partial charge on any atom is 0.0628 e. The minimum absolute atomic E-state index is 0.0750. The van der Waals surface area contributed by atoms with Crippen LogP contribution in [0.4, 0.5) is 0 Å². The van der Waals surface area contributed by atoms with E-state index in [1.807, 2.05) is 0 Å². The lowest BCUT2D eigenvalue weighted by molar-refractivity contribution is -0.108. The Labute approximate surface area is 67.6 Å². The Hall–Kier alpha value is -0.0800. The molecular weight excluding hydrogens is 140 g/mol. The van der Waals surface area contributed by atoms with Gasteiger partial charge in [-0.3, -0.25) is 0 Å². The number of hydrogen-bond acceptors (Lipinski definition) is 2. The summed E-state index contributed by atoms with van der Waals surface area (Å²) < 4.78 is 5.59. The van der Waals surface area contributed by atoms with Crippen LogP contribution in [0, 0.1) is 5.92 Å². The van der Waals surface area contributed by atoms with E-state index in [4.69, 9.17) is 4.74 Å². The second-order valence-electron chi connectivity index (χ2n) is 3.71. The Balaban J connectivity index is 1.99. The molecule has 1 N–H and O–H groups in total. The van der Waals surface area contributed by atoms with Gasteiger partial charge in [0, 0.05) is 12.5 Å². The van der Waals surface area contributed by atoms with Gasteiger partial charge in [-0.2, -0.15) is 0 Å². The van der Waals surface area contributed by atoms with Crippen LogP contribution in [0.15, 0.2) is 0 Å². The van der Waals surface area contributed by atoms with Crippen LogP contribution in [0.25, 0.3) is 0 Å². The summed E-state index contributed by atoms with van der Waals surface area (Å²) in [5, 5.41) is 9.62. The second kappa shape index (κ2) is 3.11. The lowest BCUT2D eigenvalue weighted by atomic mass is 9.80. The fourth-order valence-electron chi connectivity index (χ4n) is 2.33. The molecule has 0 spiro atoms. The van der Waals surface area contributed by atoms with E-state index < -0.39 is 0 Å². The summed E-state index contributed by atoms with van der Waals surface area (Å²) in [6, 6.07) is 0. The van der Waals surface area contributed by atoms with Crippen molar-refractivity contribution in [3.8, 4) is 0 Å². The van der Waals surface area contributed by atoms with E-state index in [0.717, 1.165) is 13.0 Å².